The third-order valence-electron chi connectivity index (χ3n) is 6.22. The summed E-state index contributed by atoms with van der Waals surface area (Å²) in [5.74, 6) is -0.340. The van der Waals surface area contributed by atoms with E-state index in [-0.39, 0.29) is 23.6 Å². The summed E-state index contributed by atoms with van der Waals surface area (Å²) in [5.41, 5.74) is 6.44. The first-order valence-corrected chi connectivity index (χ1v) is 11.4. The smallest absolute Gasteiger partial charge is 0.263 e. The van der Waals surface area contributed by atoms with Crippen molar-refractivity contribution in [3.8, 4) is 6.07 Å². The Morgan fingerprint density at radius 2 is 1.74 bits per heavy atom. The van der Waals surface area contributed by atoms with Gasteiger partial charge in [0.15, 0.2) is 0 Å². The lowest BCUT2D eigenvalue weighted by Gasteiger charge is -2.21. The second-order valence-corrected chi connectivity index (χ2v) is 8.32. The molecule has 2 aromatic rings. The number of nitriles is 1. The Hall–Kier alpha value is -3.06. The number of benzene rings is 2. The first kappa shape index (κ1) is 22.6. The van der Waals surface area contributed by atoms with Crippen molar-refractivity contribution < 1.29 is 4.79 Å². The molecule has 31 heavy (non-hydrogen) atoms. The van der Waals surface area contributed by atoms with E-state index < -0.39 is 0 Å². The van der Waals surface area contributed by atoms with Gasteiger partial charge in [-0.05, 0) is 73.3 Å². The van der Waals surface area contributed by atoms with Crippen molar-refractivity contribution in [1.29, 1.82) is 5.26 Å². The maximum Gasteiger partial charge on any atom is 0.263 e. The fourth-order valence-corrected chi connectivity index (χ4v) is 4.12. The summed E-state index contributed by atoms with van der Waals surface area (Å²) in [5, 5.41) is 15.8. The SMILES string of the molecule is CCc1ccc(C(C)N/C=C(/C#N)C(=O)NC(CC)c2ccc3c(c2)CCCC3)cc1. The highest BCUT2D eigenvalue weighted by Gasteiger charge is 2.18. The zero-order valence-corrected chi connectivity index (χ0v) is 18.9. The third kappa shape index (κ3) is 5.76. The average Bonchev–Trinajstić information content (AvgIpc) is 2.82. The number of nitrogens with one attached hydrogen (secondary N) is 2. The molecule has 1 aliphatic rings. The third-order valence-corrected chi connectivity index (χ3v) is 6.22. The van der Waals surface area contributed by atoms with Crippen LogP contribution < -0.4 is 10.6 Å². The van der Waals surface area contributed by atoms with Crippen molar-refractivity contribution in [2.45, 2.75) is 71.4 Å². The molecule has 162 valence electrons. The van der Waals surface area contributed by atoms with Crippen LogP contribution in [0.1, 0.15) is 79.9 Å². The summed E-state index contributed by atoms with van der Waals surface area (Å²) in [7, 11) is 0. The van der Waals surface area contributed by atoms with E-state index >= 15 is 0 Å². The summed E-state index contributed by atoms with van der Waals surface area (Å²) in [6.45, 7) is 6.21. The van der Waals surface area contributed by atoms with E-state index in [9.17, 15) is 10.1 Å². The predicted octanol–water partition coefficient (Wildman–Crippen LogP) is 5.45. The number of hydrogen-bond donors (Lipinski definition) is 2. The summed E-state index contributed by atoms with van der Waals surface area (Å²) in [6, 6.07) is 16.9. The number of hydrogen-bond acceptors (Lipinski definition) is 3. The zero-order valence-electron chi connectivity index (χ0n) is 18.9. The lowest BCUT2D eigenvalue weighted by molar-refractivity contribution is -0.117. The molecule has 3 rings (SSSR count). The Bertz CT molecular complexity index is 969. The molecule has 0 radical (unpaired) electrons. The second-order valence-electron chi connectivity index (χ2n) is 8.32. The molecule has 0 aliphatic heterocycles. The number of aryl methyl sites for hydroxylation is 3. The van der Waals surface area contributed by atoms with Gasteiger partial charge in [-0.2, -0.15) is 5.26 Å². The van der Waals surface area contributed by atoms with Crippen molar-refractivity contribution in [3.63, 3.8) is 0 Å². The Labute approximate surface area is 186 Å². The van der Waals surface area contributed by atoms with Crippen LogP contribution in [0.2, 0.25) is 0 Å². The molecule has 0 bridgehead atoms. The molecule has 0 fully saturated rings. The lowest BCUT2D eigenvalue weighted by atomic mass is 9.88. The van der Waals surface area contributed by atoms with Crippen LogP contribution >= 0.6 is 0 Å². The Kier molecular flexibility index (Phi) is 7.89. The first-order valence-electron chi connectivity index (χ1n) is 11.4. The molecular weight excluding hydrogens is 382 g/mol. The molecular formula is C27H33N3O. The van der Waals surface area contributed by atoms with Crippen molar-refractivity contribution >= 4 is 5.91 Å². The summed E-state index contributed by atoms with van der Waals surface area (Å²) >= 11 is 0. The standard InChI is InChI=1S/C27H33N3O/c1-4-20-10-12-21(13-11-20)19(3)29-18-25(17-28)27(31)30-26(5-2)24-15-14-22-8-6-7-9-23(22)16-24/h10-16,18-19,26,29H,4-9H2,1-3H3,(H,30,31)/b25-18-. The van der Waals surface area contributed by atoms with Gasteiger partial charge in [0.25, 0.3) is 5.91 Å². The van der Waals surface area contributed by atoms with E-state index in [1.807, 2.05) is 13.0 Å². The first-order chi connectivity index (χ1) is 15.0. The summed E-state index contributed by atoms with van der Waals surface area (Å²) in [4.78, 5) is 12.8. The molecule has 0 saturated carbocycles. The highest BCUT2D eigenvalue weighted by atomic mass is 16.1. The van der Waals surface area contributed by atoms with Crippen LogP contribution in [-0.2, 0) is 24.1 Å². The van der Waals surface area contributed by atoms with E-state index in [2.05, 4.69) is 66.9 Å². The number of rotatable bonds is 8. The minimum Gasteiger partial charge on any atom is -0.383 e. The molecule has 0 heterocycles. The topological polar surface area (TPSA) is 64.9 Å². The van der Waals surface area contributed by atoms with Gasteiger partial charge in [0.1, 0.15) is 11.6 Å². The quantitative estimate of drug-likeness (QED) is 0.445. The lowest BCUT2D eigenvalue weighted by Crippen LogP contribution is -2.30. The van der Waals surface area contributed by atoms with Crippen LogP contribution in [0, 0.1) is 11.3 Å². The van der Waals surface area contributed by atoms with Crippen molar-refractivity contribution in [1.82, 2.24) is 10.6 Å². The highest BCUT2D eigenvalue weighted by Crippen LogP contribution is 2.26. The Balaban J connectivity index is 1.66. The van der Waals surface area contributed by atoms with Crippen LogP contribution in [0.4, 0.5) is 0 Å². The molecule has 1 amide bonds. The molecule has 2 unspecified atom stereocenters. The fraction of sp³-hybridized carbons (Fsp3) is 0.407. The minimum absolute atomic E-state index is 0.00433. The van der Waals surface area contributed by atoms with E-state index in [1.54, 1.807) is 0 Å². The fourth-order valence-electron chi connectivity index (χ4n) is 4.12. The highest BCUT2D eigenvalue weighted by molar-refractivity contribution is 5.97. The van der Waals surface area contributed by atoms with Gasteiger partial charge in [-0.25, -0.2) is 0 Å². The van der Waals surface area contributed by atoms with Gasteiger partial charge >= 0.3 is 0 Å². The molecule has 0 spiro atoms. The molecule has 1 aliphatic carbocycles. The van der Waals surface area contributed by atoms with Crippen molar-refractivity contribution in [2.75, 3.05) is 0 Å². The molecule has 4 nitrogen and oxygen atoms in total. The number of carbonyl (C=O) groups excluding carboxylic acids is 1. The number of carbonyl (C=O) groups is 1. The van der Waals surface area contributed by atoms with Crippen LogP contribution in [0.5, 0.6) is 0 Å². The zero-order chi connectivity index (χ0) is 22.2. The number of amides is 1. The Morgan fingerprint density at radius 1 is 1.06 bits per heavy atom. The van der Waals surface area contributed by atoms with Gasteiger partial charge in [0.05, 0.1) is 6.04 Å². The van der Waals surface area contributed by atoms with Gasteiger partial charge in [-0.1, -0.05) is 56.3 Å². The minimum atomic E-state index is -0.340. The van der Waals surface area contributed by atoms with E-state index in [1.165, 1.54) is 35.7 Å². The normalized spacial score (nSPS) is 15.4. The molecule has 2 aromatic carbocycles. The van der Waals surface area contributed by atoms with Gasteiger partial charge in [0, 0.05) is 12.2 Å². The van der Waals surface area contributed by atoms with Gasteiger partial charge in [-0.3, -0.25) is 4.79 Å². The van der Waals surface area contributed by atoms with Gasteiger partial charge in [0.2, 0.25) is 0 Å². The maximum absolute atomic E-state index is 12.8. The van der Waals surface area contributed by atoms with E-state index in [0.717, 1.165) is 36.8 Å². The van der Waals surface area contributed by atoms with Crippen molar-refractivity contribution in [2.24, 2.45) is 0 Å². The molecule has 0 saturated heterocycles. The Morgan fingerprint density at radius 3 is 2.39 bits per heavy atom. The van der Waals surface area contributed by atoms with Crippen LogP contribution in [-0.4, -0.2) is 5.91 Å². The largest absolute Gasteiger partial charge is 0.383 e. The average molecular weight is 416 g/mol. The summed E-state index contributed by atoms with van der Waals surface area (Å²) in [6.07, 6.45) is 8.05. The van der Waals surface area contributed by atoms with Crippen LogP contribution in [0.3, 0.4) is 0 Å². The maximum atomic E-state index is 12.8. The second kappa shape index (κ2) is 10.8. The van der Waals surface area contributed by atoms with Crippen LogP contribution in [0.25, 0.3) is 0 Å². The van der Waals surface area contributed by atoms with E-state index in [4.69, 9.17) is 0 Å². The summed E-state index contributed by atoms with van der Waals surface area (Å²) < 4.78 is 0. The number of fused-ring (bicyclic) bond motifs is 1. The molecule has 2 N–H and O–H groups in total. The molecule has 2 atom stereocenters. The van der Waals surface area contributed by atoms with Gasteiger partial charge < -0.3 is 10.6 Å². The van der Waals surface area contributed by atoms with Crippen molar-refractivity contribution in [3.05, 3.63) is 82.1 Å². The van der Waals surface area contributed by atoms with Crippen LogP contribution in [0.15, 0.2) is 54.2 Å². The molecule has 4 heteroatoms. The predicted molar refractivity (Wildman–Crippen MR) is 125 cm³/mol. The molecule has 0 aromatic heterocycles. The van der Waals surface area contributed by atoms with Gasteiger partial charge in [-0.15, -0.1) is 0 Å². The van der Waals surface area contributed by atoms with E-state index in [0.29, 0.717) is 0 Å². The number of nitrogens with zero attached hydrogens (tertiary/aromatic N) is 1. The monoisotopic (exact) mass is 415 g/mol.